The minimum Gasteiger partial charge on any atom is -0.458 e. The van der Waals surface area contributed by atoms with Gasteiger partial charge in [0.2, 0.25) is 5.78 Å². The number of Topliss-reactive ketones (excluding diaryl/α,β-unsaturated/α-hetero) is 1. The minimum absolute atomic E-state index is 0.00963. The van der Waals surface area contributed by atoms with E-state index in [0.717, 1.165) is 0 Å². The van der Waals surface area contributed by atoms with Crippen LogP contribution in [0.3, 0.4) is 0 Å². The third kappa shape index (κ3) is 2.74. The number of halogens is 2. The molecule has 0 heterocycles. The summed E-state index contributed by atoms with van der Waals surface area (Å²) in [5.41, 5.74) is -3.76. The van der Waals surface area contributed by atoms with Gasteiger partial charge >= 0.3 is 5.97 Å². The Hall–Kier alpha value is -1.57. The maximum Gasteiger partial charge on any atom is 0.303 e. The molecule has 2 N–H and O–H groups in total. The number of ether oxygens (including phenoxy) is 1. The zero-order valence-corrected chi connectivity index (χ0v) is 19.5. The molecule has 4 aliphatic carbocycles. The smallest absolute Gasteiger partial charge is 0.303 e. The molecule has 0 aromatic heterocycles. The topological polar surface area (TPSA) is 101 Å². The molecule has 0 saturated heterocycles. The second kappa shape index (κ2) is 7.21. The van der Waals surface area contributed by atoms with Crippen molar-refractivity contribution in [2.75, 3.05) is 6.61 Å². The first-order chi connectivity index (χ1) is 14.7. The number of hydrogen-bond acceptors (Lipinski definition) is 6. The highest BCUT2D eigenvalue weighted by Gasteiger charge is 2.75. The summed E-state index contributed by atoms with van der Waals surface area (Å²) in [6.45, 7) is 5.86. The Balaban J connectivity index is 1.79. The monoisotopic (exact) mass is 468 g/mol. The fourth-order valence-electron chi connectivity index (χ4n) is 7.41. The Morgan fingerprint density at radius 2 is 1.94 bits per heavy atom. The van der Waals surface area contributed by atoms with Crippen molar-refractivity contribution in [1.29, 1.82) is 0 Å². The highest BCUT2D eigenvalue weighted by molar-refractivity contribution is 6.26. The number of fused-ring (bicyclic) bond motifs is 5. The standard InChI is InChI=1S/C24H30ClFO6/c1-12-7-15-16-9-18(26)17-8-14(28)5-6-21(17,3)23(16,25)19(29)10-22(15,4)24(12,31)20(30)11-32-13(2)27/h5-6,8,12,15-16,18-19,29,31H,7,9-11H2,1-4H3/t12-,15-,16-,18-,19-,21-,22-,23-,24-/m0/s1. The Bertz CT molecular complexity index is 947. The molecule has 0 aromatic carbocycles. The molecule has 4 rings (SSSR count). The molecule has 0 bridgehead atoms. The lowest BCUT2D eigenvalue weighted by molar-refractivity contribution is -0.183. The summed E-state index contributed by atoms with van der Waals surface area (Å²) in [6.07, 6.45) is 2.05. The maximum atomic E-state index is 15.5. The highest BCUT2D eigenvalue weighted by atomic mass is 35.5. The fraction of sp³-hybridized carbons (Fsp3) is 0.708. The van der Waals surface area contributed by atoms with E-state index in [-0.39, 0.29) is 30.1 Å². The van der Waals surface area contributed by atoms with E-state index in [9.17, 15) is 24.6 Å². The van der Waals surface area contributed by atoms with Gasteiger partial charge in [-0.2, -0.15) is 0 Å². The van der Waals surface area contributed by atoms with Crippen LogP contribution in [-0.2, 0) is 19.1 Å². The van der Waals surface area contributed by atoms with Gasteiger partial charge in [-0.1, -0.05) is 26.8 Å². The quantitative estimate of drug-likeness (QED) is 0.488. The molecule has 0 unspecified atom stereocenters. The van der Waals surface area contributed by atoms with Crippen LogP contribution >= 0.6 is 11.6 Å². The van der Waals surface area contributed by atoms with Crippen LogP contribution in [0.25, 0.3) is 0 Å². The van der Waals surface area contributed by atoms with Gasteiger partial charge in [-0.3, -0.25) is 14.4 Å². The third-order valence-corrected chi connectivity index (χ3v) is 9.97. The average molecular weight is 469 g/mol. The van der Waals surface area contributed by atoms with Crippen molar-refractivity contribution in [1.82, 2.24) is 0 Å². The first-order valence-corrected chi connectivity index (χ1v) is 11.5. The molecule has 4 aliphatic rings. The van der Waals surface area contributed by atoms with Gasteiger partial charge in [0.25, 0.3) is 0 Å². The predicted molar refractivity (Wildman–Crippen MR) is 115 cm³/mol. The number of allylic oxidation sites excluding steroid dienone is 4. The summed E-state index contributed by atoms with van der Waals surface area (Å²) < 4.78 is 20.3. The zero-order chi connectivity index (χ0) is 23.9. The first-order valence-electron chi connectivity index (χ1n) is 11.1. The maximum absolute atomic E-state index is 15.5. The van der Waals surface area contributed by atoms with Crippen LogP contribution in [0.1, 0.15) is 47.0 Å². The molecule has 8 heteroatoms. The molecular formula is C24H30ClFO6. The molecule has 0 spiro atoms. The van der Waals surface area contributed by atoms with Crippen molar-refractivity contribution >= 4 is 29.1 Å². The summed E-state index contributed by atoms with van der Waals surface area (Å²) in [6, 6.07) is 0. The zero-order valence-electron chi connectivity index (χ0n) is 18.7. The molecule has 6 nitrogen and oxygen atoms in total. The molecule has 0 aromatic rings. The van der Waals surface area contributed by atoms with E-state index in [2.05, 4.69) is 0 Å². The van der Waals surface area contributed by atoms with Crippen molar-refractivity contribution in [3.05, 3.63) is 23.8 Å². The van der Waals surface area contributed by atoms with E-state index in [4.69, 9.17) is 16.3 Å². The normalized spacial score (nSPS) is 49.6. The second-order valence-corrected chi connectivity index (χ2v) is 11.1. The Morgan fingerprint density at radius 1 is 1.28 bits per heavy atom. The van der Waals surface area contributed by atoms with Crippen LogP contribution in [0, 0.1) is 28.6 Å². The van der Waals surface area contributed by atoms with E-state index < -0.39 is 63.8 Å². The molecule has 32 heavy (non-hydrogen) atoms. The number of esters is 1. The number of carbonyl (C=O) groups is 3. The number of hydrogen-bond donors (Lipinski definition) is 2. The van der Waals surface area contributed by atoms with Crippen LogP contribution in [0.15, 0.2) is 23.8 Å². The number of rotatable bonds is 3. The lowest BCUT2D eigenvalue weighted by atomic mass is 9.45. The van der Waals surface area contributed by atoms with E-state index in [1.807, 2.05) is 0 Å². The Labute approximate surface area is 191 Å². The van der Waals surface area contributed by atoms with Crippen LogP contribution in [0.5, 0.6) is 0 Å². The van der Waals surface area contributed by atoms with Gasteiger partial charge in [0.15, 0.2) is 12.4 Å². The van der Waals surface area contributed by atoms with Crippen LogP contribution in [0.4, 0.5) is 4.39 Å². The SMILES string of the molecule is CC(=O)OCC(=O)[C@@]1(O)[C@@H](C)C[C@H]2[C@@H]3C[C@H](F)C4=CC(=O)C=C[C@]4(C)[C@@]3(Cl)[C@@H](O)C[C@@]21C. The van der Waals surface area contributed by atoms with Crippen LogP contribution in [0.2, 0.25) is 0 Å². The van der Waals surface area contributed by atoms with Crippen molar-refractivity contribution in [3.63, 3.8) is 0 Å². The molecule has 0 aliphatic heterocycles. The van der Waals surface area contributed by atoms with Gasteiger partial charge in [-0.05, 0) is 54.7 Å². The minimum atomic E-state index is -1.85. The molecule has 3 saturated carbocycles. The van der Waals surface area contributed by atoms with Gasteiger partial charge in [0, 0.05) is 17.8 Å². The Kier molecular flexibility index (Phi) is 5.32. The van der Waals surface area contributed by atoms with E-state index in [1.54, 1.807) is 26.8 Å². The van der Waals surface area contributed by atoms with Crippen molar-refractivity contribution in [2.24, 2.45) is 28.6 Å². The van der Waals surface area contributed by atoms with Gasteiger partial charge in [-0.15, -0.1) is 11.6 Å². The second-order valence-electron chi connectivity index (χ2n) is 10.5. The van der Waals surface area contributed by atoms with E-state index >= 15 is 4.39 Å². The van der Waals surface area contributed by atoms with Gasteiger partial charge < -0.3 is 14.9 Å². The largest absolute Gasteiger partial charge is 0.458 e. The van der Waals surface area contributed by atoms with Gasteiger partial charge in [0.05, 0.1) is 11.0 Å². The average Bonchev–Trinajstić information content (AvgIpc) is 2.91. The Morgan fingerprint density at radius 3 is 2.56 bits per heavy atom. The molecule has 0 radical (unpaired) electrons. The molecule has 0 amide bonds. The van der Waals surface area contributed by atoms with Crippen molar-refractivity contribution in [3.8, 4) is 0 Å². The molecule has 3 fully saturated rings. The van der Waals surface area contributed by atoms with Gasteiger partial charge in [-0.25, -0.2) is 4.39 Å². The molecular weight excluding hydrogens is 439 g/mol. The molecule has 9 atom stereocenters. The van der Waals surface area contributed by atoms with E-state index in [0.29, 0.717) is 6.42 Å². The number of carbonyl (C=O) groups excluding carboxylic acids is 3. The summed E-state index contributed by atoms with van der Waals surface area (Å²) in [4.78, 5) is 35.0. The first kappa shape index (κ1) is 23.6. The fourth-order valence-corrected chi connectivity index (χ4v) is 7.90. The predicted octanol–water partition coefficient (Wildman–Crippen LogP) is 2.68. The number of ketones is 2. The van der Waals surface area contributed by atoms with E-state index in [1.165, 1.54) is 19.1 Å². The summed E-state index contributed by atoms with van der Waals surface area (Å²) >= 11 is 7.25. The third-order valence-electron chi connectivity index (χ3n) is 9.04. The van der Waals surface area contributed by atoms with Crippen molar-refractivity contribution in [2.45, 2.75) is 69.7 Å². The van der Waals surface area contributed by atoms with Crippen LogP contribution in [-0.4, -0.2) is 57.1 Å². The summed E-state index contributed by atoms with van der Waals surface area (Å²) in [5, 5.41) is 23.2. The number of alkyl halides is 2. The summed E-state index contributed by atoms with van der Waals surface area (Å²) in [5.74, 6) is -2.97. The lowest BCUT2D eigenvalue weighted by Crippen LogP contribution is -2.70. The van der Waals surface area contributed by atoms with Gasteiger partial charge in [0.1, 0.15) is 11.8 Å². The summed E-state index contributed by atoms with van der Waals surface area (Å²) in [7, 11) is 0. The number of aliphatic hydroxyl groups excluding tert-OH is 1. The number of aliphatic hydroxyl groups is 2. The van der Waals surface area contributed by atoms with Crippen molar-refractivity contribution < 1.29 is 33.7 Å². The van der Waals surface area contributed by atoms with Crippen LogP contribution < -0.4 is 0 Å². The highest BCUT2D eigenvalue weighted by Crippen LogP contribution is 2.71. The molecule has 176 valence electrons. The lowest BCUT2D eigenvalue weighted by Gasteiger charge is -2.64.